The summed E-state index contributed by atoms with van der Waals surface area (Å²) in [5.74, 6) is -3.90. The van der Waals surface area contributed by atoms with Crippen LogP contribution in [0.15, 0.2) is 4.99 Å². The number of likely N-dealkylation sites (tertiary alicyclic amines) is 1. The van der Waals surface area contributed by atoms with Gasteiger partial charge in [0.25, 0.3) is 0 Å². The van der Waals surface area contributed by atoms with Gasteiger partial charge < -0.3 is 43.6 Å². The Bertz CT molecular complexity index is 814. The Balaban J connectivity index is 3.04. The highest BCUT2D eigenvalue weighted by molar-refractivity contribution is 5.95. The maximum atomic E-state index is 13.2. The van der Waals surface area contributed by atoms with Crippen LogP contribution in [-0.4, -0.2) is 82.8 Å². The summed E-state index contributed by atoms with van der Waals surface area (Å²) < 4.78 is 0. The lowest BCUT2D eigenvalue weighted by molar-refractivity contribution is -0.149. The minimum Gasteiger partial charge on any atom is -0.480 e. The van der Waals surface area contributed by atoms with E-state index in [1.165, 1.54) is 4.90 Å². The zero-order chi connectivity index (χ0) is 26.7. The van der Waals surface area contributed by atoms with Gasteiger partial charge >= 0.3 is 5.97 Å². The van der Waals surface area contributed by atoms with Crippen molar-refractivity contribution in [1.82, 2.24) is 15.5 Å². The van der Waals surface area contributed by atoms with E-state index < -0.39 is 53.8 Å². The van der Waals surface area contributed by atoms with Crippen LogP contribution >= 0.6 is 0 Å². The predicted octanol–water partition coefficient (Wildman–Crippen LogP) is -2.67. The maximum absolute atomic E-state index is 13.2. The van der Waals surface area contributed by atoms with Gasteiger partial charge in [0.2, 0.25) is 23.6 Å². The standard InChI is InChI=1S/C21H38N8O6/c1-11(2)9-14(28-17(31)12(22)10-16(23)30)18(32)27-13(5-3-7-26-21(24)25)19(33)29-8-4-6-15(29)20(34)35/h11-15H,3-10,22H2,1-2H3,(H2,23,30)(H,27,32)(H,28,31)(H,34,35)(H4,24,25,26). The Morgan fingerprint density at radius 3 is 2.23 bits per heavy atom. The normalized spacial score (nSPS) is 17.8. The number of hydrogen-bond acceptors (Lipinski definition) is 7. The molecule has 0 aliphatic carbocycles. The van der Waals surface area contributed by atoms with E-state index in [1.807, 2.05) is 13.8 Å². The van der Waals surface area contributed by atoms with Gasteiger partial charge in [-0.2, -0.15) is 0 Å². The molecule has 1 aliphatic heterocycles. The molecule has 198 valence electrons. The molecule has 1 fully saturated rings. The first-order valence-electron chi connectivity index (χ1n) is 11.6. The van der Waals surface area contributed by atoms with Gasteiger partial charge in [-0.25, -0.2) is 4.79 Å². The predicted molar refractivity (Wildman–Crippen MR) is 127 cm³/mol. The van der Waals surface area contributed by atoms with Gasteiger partial charge in [-0.1, -0.05) is 13.8 Å². The Labute approximate surface area is 204 Å². The van der Waals surface area contributed by atoms with Crippen LogP contribution in [0.4, 0.5) is 0 Å². The summed E-state index contributed by atoms with van der Waals surface area (Å²) in [6.45, 7) is 4.15. The van der Waals surface area contributed by atoms with Crippen LogP contribution in [0.5, 0.6) is 0 Å². The van der Waals surface area contributed by atoms with Gasteiger partial charge in [-0.05, 0) is 38.0 Å². The third-order valence-corrected chi connectivity index (χ3v) is 5.48. The number of nitrogens with one attached hydrogen (secondary N) is 2. The van der Waals surface area contributed by atoms with E-state index in [1.54, 1.807) is 0 Å². The number of carbonyl (C=O) groups excluding carboxylic acids is 4. The lowest BCUT2D eigenvalue weighted by Crippen LogP contribution is -2.57. The van der Waals surface area contributed by atoms with Gasteiger partial charge in [0.1, 0.15) is 18.1 Å². The fourth-order valence-corrected chi connectivity index (χ4v) is 3.81. The largest absolute Gasteiger partial charge is 0.480 e. The van der Waals surface area contributed by atoms with Crippen molar-refractivity contribution < 1.29 is 29.1 Å². The second-order valence-corrected chi connectivity index (χ2v) is 9.01. The number of guanidine groups is 1. The molecule has 1 saturated heterocycles. The molecule has 0 radical (unpaired) electrons. The Kier molecular flexibility index (Phi) is 11.9. The number of hydrogen-bond donors (Lipinski definition) is 7. The van der Waals surface area contributed by atoms with Gasteiger partial charge in [0.05, 0.1) is 12.5 Å². The smallest absolute Gasteiger partial charge is 0.326 e. The Morgan fingerprint density at radius 1 is 1.06 bits per heavy atom. The van der Waals surface area contributed by atoms with E-state index in [9.17, 15) is 29.1 Å². The first-order chi connectivity index (χ1) is 16.3. The van der Waals surface area contributed by atoms with Crippen molar-refractivity contribution in [3.63, 3.8) is 0 Å². The van der Waals surface area contributed by atoms with Crippen LogP contribution in [0.1, 0.15) is 52.4 Å². The molecule has 0 aromatic heterocycles. The average Bonchev–Trinajstić information content (AvgIpc) is 3.24. The van der Waals surface area contributed by atoms with Crippen LogP contribution in [-0.2, 0) is 24.0 Å². The van der Waals surface area contributed by atoms with Crippen molar-refractivity contribution in [2.75, 3.05) is 13.1 Å². The molecule has 35 heavy (non-hydrogen) atoms. The average molecular weight is 499 g/mol. The van der Waals surface area contributed by atoms with Crippen LogP contribution in [0.25, 0.3) is 0 Å². The molecule has 0 bridgehead atoms. The number of carbonyl (C=O) groups is 5. The molecule has 11 N–H and O–H groups in total. The summed E-state index contributed by atoms with van der Waals surface area (Å²) in [5.41, 5.74) is 21.4. The fraction of sp³-hybridized carbons (Fsp3) is 0.714. The summed E-state index contributed by atoms with van der Waals surface area (Å²) in [6, 6.07) is -4.30. The zero-order valence-electron chi connectivity index (χ0n) is 20.2. The van der Waals surface area contributed by atoms with E-state index >= 15 is 0 Å². The molecule has 14 heteroatoms. The number of aliphatic imine (C=N–C) groups is 1. The van der Waals surface area contributed by atoms with Crippen LogP contribution in [0.2, 0.25) is 0 Å². The molecule has 4 amide bonds. The monoisotopic (exact) mass is 498 g/mol. The summed E-state index contributed by atoms with van der Waals surface area (Å²) >= 11 is 0. The van der Waals surface area contributed by atoms with Crippen molar-refractivity contribution in [2.45, 2.75) is 76.5 Å². The minimum atomic E-state index is -1.23. The molecule has 1 rings (SSSR count). The van der Waals surface area contributed by atoms with Crippen molar-refractivity contribution in [3.8, 4) is 0 Å². The number of carboxylic acids is 1. The van der Waals surface area contributed by atoms with Crippen LogP contribution in [0, 0.1) is 5.92 Å². The first kappa shape index (κ1) is 29.6. The molecule has 4 unspecified atom stereocenters. The molecule has 14 nitrogen and oxygen atoms in total. The molecule has 0 saturated carbocycles. The Hall–Kier alpha value is -3.42. The van der Waals surface area contributed by atoms with Crippen molar-refractivity contribution in [1.29, 1.82) is 0 Å². The Morgan fingerprint density at radius 2 is 1.69 bits per heavy atom. The van der Waals surface area contributed by atoms with Gasteiger partial charge in [0.15, 0.2) is 5.96 Å². The molecule has 1 heterocycles. The lowest BCUT2D eigenvalue weighted by atomic mass is 10.0. The zero-order valence-corrected chi connectivity index (χ0v) is 20.2. The molecule has 4 atom stereocenters. The number of carboxylic acid groups (broad SMARTS) is 1. The third-order valence-electron chi connectivity index (χ3n) is 5.48. The van der Waals surface area contributed by atoms with Crippen molar-refractivity contribution >= 4 is 35.6 Å². The van der Waals surface area contributed by atoms with Crippen LogP contribution in [0.3, 0.4) is 0 Å². The number of rotatable bonds is 14. The number of primary amides is 1. The SMILES string of the molecule is CC(C)CC(NC(=O)C(N)CC(N)=O)C(=O)NC(CCCN=C(N)N)C(=O)N1CCCC1C(=O)O. The highest BCUT2D eigenvalue weighted by Crippen LogP contribution is 2.20. The highest BCUT2D eigenvalue weighted by Gasteiger charge is 2.38. The van der Waals surface area contributed by atoms with Crippen LogP contribution < -0.4 is 33.6 Å². The van der Waals surface area contributed by atoms with Crippen molar-refractivity contribution in [3.05, 3.63) is 0 Å². The number of nitrogens with two attached hydrogens (primary N) is 4. The van der Waals surface area contributed by atoms with E-state index in [4.69, 9.17) is 22.9 Å². The molecular weight excluding hydrogens is 460 g/mol. The second-order valence-electron chi connectivity index (χ2n) is 9.01. The highest BCUT2D eigenvalue weighted by atomic mass is 16.4. The van der Waals surface area contributed by atoms with Gasteiger partial charge in [0, 0.05) is 13.1 Å². The number of aliphatic carboxylic acids is 1. The molecule has 0 aromatic rings. The lowest BCUT2D eigenvalue weighted by Gasteiger charge is -2.29. The summed E-state index contributed by atoms with van der Waals surface area (Å²) in [6.07, 6.45) is 1.18. The molecule has 1 aliphatic rings. The van der Waals surface area contributed by atoms with Gasteiger partial charge in [-0.15, -0.1) is 0 Å². The number of nitrogens with zero attached hydrogens (tertiary/aromatic N) is 2. The van der Waals surface area contributed by atoms with E-state index in [0.717, 1.165) is 0 Å². The topological polar surface area (TPSA) is 249 Å². The summed E-state index contributed by atoms with van der Waals surface area (Å²) in [4.78, 5) is 66.5. The van der Waals surface area contributed by atoms with Gasteiger partial charge in [-0.3, -0.25) is 24.2 Å². The number of amides is 4. The second kappa shape index (κ2) is 14.1. The van der Waals surface area contributed by atoms with E-state index in [0.29, 0.717) is 19.3 Å². The maximum Gasteiger partial charge on any atom is 0.326 e. The molecule has 0 aromatic carbocycles. The quantitative estimate of drug-likeness (QED) is 0.0748. The molecular formula is C21H38N8O6. The fourth-order valence-electron chi connectivity index (χ4n) is 3.81. The molecule has 0 spiro atoms. The van der Waals surface area contributed by atoms with Crippen molar-refractivity contribution in [2.24, 2.45) is 33.8 Å². The summed E-state index contributed by atoms with van der Waals surface area (Å²) in [7, 11) is 0. The van der Waals surface area contributed by atoms with E-state index in [2.05, 4.69) is 15.6 Å². The first-order valence-corrected chi connectivity index (χ1v) is 11.6. The summed E-state index contributed by atoms with van der Waals surface area (Å²) in [5, 5.41) is 14.6. The third kappa shape index (κ3) is 10.2. The minimum absolute atomic E-state index is 0.00981. The van der Waals surface area contributed by atoms with E-state index in [-0.39, 0.29) is 44.2 Å².